The van der Waals surface area contributed by atoms with E-state index in [1.165, 1.54) is 32.5 Å². The van der Waals surface area contributed by atoms with Crippen molar-refractivity contribution in [3.8, 4) is 0 Å². The molecule has 1 aliphatic carbocycles. The molecule has 0 spiro atoms. The van der Waals surface area contributed by atoms with Gasteiger partial charge in [0, 0.05) is 39.3 Å². The number of rotatable bonds is 5. The van der Waals surface area contributed by atoms with E-state index in [1.54, 1.807) is 0 Å². The third kappa shape index (κ3) is 3.74. The summed E-state index contributed by atoms with van der Waals surface area (Å²) in [5.74, 6) is 1.01. The summed E-state index contributed by atoms with van der Waals surface area (Å²) in [6, 6.07) is 0. The Hall–Kier alpha value is -0.120. The van der Waals surface area contributed by atoms with Crippen LogP contribution in [0.2, 0.25) is 0 Å². The Labute approximate surface area is 93.1 Å². The minimum Gasteiger partial charge on any atom is -0.392 e. The predicted octanol–water partition coefficient (Wildman–Crippen LogP) is 0.785. The largest absolute Gasteiger partial charge is 0.392 e. The molecule has 0 aromatic rings. The van der Waals surface area contributed by atoms with Crippen LogP contribution in [0, 0.1) is 5.92 Å². The first-order chi connectivity index (χ1) is 7.28. The molecule has 0 aromatic heterocycles. The zero-order valence-electron chi connectivity index (χ0n) is 9.86. The van der Waals surface area contributed by atoms with E-state index in [2.05, 4.69) is 9.80 Å². The fourth-order valence-corrected chi connectivity index (χ4v) is 2.25. The molecule has 0 radical (unpaired) electrons. The van der Waals surface area contributed by atoms with Gasteiger partial charge in [0.25, 0.3) is 0 Å². The van der Waals surface area contributed by atoms with Gasteiger partial charge in [0.1, 0.15) is 0 Å². The first-order valence-corrected chi connectivity index (χ1v) is 6.40. The van der Waals surface area contributed by atoms with Gasteiger partial charge >= 0.3 is 0 Å². The summed E-state index contributed by atoms with van der Waals surface area (Å²) >= 11 is 0. The highest BCUT2D eigenvalue weighted by Crippen LogP contribution is 2.29. The second kappa shape index (κ2) is 5.28. The molecule has 1 aliphatic heterocycles. The van der Waals surface area contributed by atoms with Crippen molar-refractivity contribution in [2.24, 2.45) is 5.92 Å². The first-order valence-electron chi connectivity index (χ1n) is 6.40. The Morgan fingerprint density at radius 3 is 2.27 bits per heavy atom. The maximum absolute atomic E-state index is 9.58. The average molecular weight is 212 g/mol. The second-order valence-corrected chi connectivity index (χ2v) is 5.11. The number of β-amino-alcohol motifs (C(OH)–C–C–N with tert-alkyl or cyclic N) is 1. The van der Waals surface area contributed by atoms with Crippen molar-refractivity contribution >= 4 is 0 Å². The number of piperazine rings is 1. The van der Waals surface area contributed by atoms with Gasteiger partial charge in [0.2, 0.25) is 0 Å². The smallest absolute Gasteiger partial charge is 0.0664 e. The third-order valence-corrected chi connectivity index (χ3v) is 3.62. The molecule has 0 aromatic carbocycles. The number of hydrogen-bond acceptors (Lipinski definition) is 3. The molecule has 3 heteroatoms. The van der Waals surface area contributed by atoms with Gasteiger partial charge in [-0.05, 0) is 25.2 Å². The van der Waals surface area contributed by atoms with Gasteiger partial charge in [-0.2, -0.15) is 0 Å². The molecule has 1 N–H and O–H groups in total. The lowest BCUT2D eigenvalue weighted by Gasteiger charge is -2.35. The lowest BCUT2D eigenvalue weighted by Crippen LogP contribution is -2.48. The molecule has 0 bridgehead atoms. The SMILES string of the molecule is CCC(O)CN1CCN(CC2CC2)CC1. The molecule has 1 saturated carbocycles. The van der Waals surface area contributed by atoms with Crippen molar-refractivity contribution in [2.75, 3.05) is 39.3 Å². The van der Waals surface area contributed by atoms with E-state index in [1.807, 2.05) is 6.92 Å². The molecule has 1 heterocycles. The highest BCUT2D eigenvalue weighted by Gasteiger charge is 2.26. The van der Waals surface area contributed by atoms with E-state index in [-0.39, 0.29) is 6.10 Å². The van der Waals surface area contributed by atoms with Crippen LogP contribution in [0.1, 0.15) is 26.2 Å². The Morgan fingerprint density at radius 1 is 1.13 bits per heavy atom. The van der Waals surface area contributed by atoms with Crippen LogP contribution < -0.4 is 0 Å². The van der Waals surface area contributed by atoms with Crippen LogP contribution >= 0.6 is 0 Å². The van der Waals surface area contributed by atoms with E-state index in [4.69, 9.17) is 0 Å². The summed E-state index contributed by atoms with van der Waals surface area (Å²) in [6.45, 7) is 8.93. The van der Waals surface area contributed by atoms with E-state index < -0.39 is 0 Å². The molecule has 1 atom stereocenters. The minimum atomic E-state index is -0.125. The van der Waals surface area contributed by atoms with Crippen LogP contribution in [0.4, 0.5) is 0 Å². The van der Waals surface area contributed by atoms with Gasteiger partial charge in [-0.25, -0.2) is 0 Å². The topological polar surface area (TPSA) is 26.7 Å². The zero-order chi connectivity index (χ0) is 10.7. The summed E-state index contributed by atoms with van der Waals surface area (Å²) in [4.78, 5) is 4.99. The van der Waals surface area contributed by atoms with Crippen LogP contribution in [-0.2, 0) is 0 Å². The quantitative estimate of drug-likeness (QED) is 0.730. The fourth-order valence-electron chi connectivity index (χ4n) is 2.25. The minimum absolute atomic E-state index is 0.125. The van der Waals surface area contributed by atoms with Gasteiger partial charge in [-0.1, -0.05) is 6.92 Å². The van der Waals surface area contributed by atoms with Gasteiger partial charge in [-0.15, -0.1) is 0 Å². The van der Waals surface area contributed by atoms with E-state index in [0.717, 1.165) is 32.0 Å². The van der Waals surface area contributed by atoms with Crippen molar-refractivity contribution in [2.45, 2.75) is 32.3 Å². The van der Waals surface area contributed by atoms with E-state index in [0.29, 0.717) is 0 Å². The van der Waals surface area contributed by atoms with Crippen LogP contribution in [0.3, 0.4) is 0 Å². The van der Waals surface area contributed by atoms with Crippen molar-refractivity contribution in [1.29, 1.82) is 0 Å². The van der Waals surface area contributed by atoms with Crippen molar-refractivity contribution < 1.29 is 5.11 Å². The first kappa shape index (κ1) is 11.4. The van der Waals surface area contributed by atoms with Crippen LogP contribution in [0.15, 0.2) is 0 Å². The van der Waals surface area contributed by atoms with Gasteiger partial charge < -0.3 is 10.0 Å². The molecular formula is C12H24N2O. The molecule has 2 fully saturated rings. The molecule has 15 heavy (non-hydrogen) atoms. The van der Waals surface area contributed by atoms with Crippen molar-refractivity contribution in [1.82, 2.24) is 9.80 Å². The molecule has 1 saturated heterocycles. The van der Waals surface area contributed by atoms with E-state index >= 15 is 0 Å². The Kier molecular flexibility index (Phi) is 4.00. The number of hydrogen-bond donors (Lipinski definition) is 1. The van der Waals surface area contributed by atoms with Crippen molar-refractivity contribution in [3.63, 3.8) is 0 Å². The molecule has 2 aliphatic rings. The fraction of sp³-hybridized carbons (Fsp3) is 1.00. The van der Waals surface area contributed by atoms with Crippen molar-refractivity contribution in [3.05, 3.63) is 0 Å². The summed E-state index contributed by atoms with van der Waals surface area (Å²) in [5.41, 5.74) is 0. The maximum Gasteiger partial charge on any atom is 0.0664 e. The van der Waals surface area contributed by atoms with Crippen LogP contribution in [-0.4, -0.2) is 60.3 Å². The predicted molar refractivity (Wildman–Crippen MR) is 61.9 cm³/mol. The molecule has 3 nitrogen and oxygen atoms in total. The Morgan fingerprint density at radius 2 is 1.73 bits per heavy atom. The molecule has 88 valence electrons. The zero-order valence-corrected chi connectivity index (χ0v) is 9.86. The standard InChI is InChI=1S/C12H24N2O/c1-2-12(15)10-14-7-5-13(6-8-14)9-11-3-4-11/h11-12,15H,2-10H2,1H3. The molecular weight excluding hydrogens is 188 g/mol. The molecule has 2 rings (SSSR count). The lowest BCUT2D eigenvalue weighted by atomic mass is 10.2. The second-order valence-electron chi connectivity index (χ2n) is 5.11. The number of nitrogens with zero attached hydrogens (tertiary/aromatic N) is 2. The van der Waals surface area contributed by atoms with Crippen LogP contribution in [0.5, 0.6) is 0 Å². The average Bonchev–Trinajstić information content (AvgIpc) is 3.05. The maximum atomic E-state index is 9.58. The normalized spacial score (nSPS) is 26.8. The molecule has 1 unspecified atom stereocenters. The van der Waals surface area contributed by atoms with Crippen LogP contribution in [0.25, 0.3) is 0 Å². The van der Waals surface area contributed by atoms with Gasteiger partial charge in [-0.3, -0.25) is 4.90 Å². The lowest BCUT2D eigenvalue weighted by molar-refractivity contribution is 0.0696. The summed E-state index contributed by atoms with van der Waals surface area (Å²) in [7, 11) is 0. The highest BCUT2D eigenvalue weighted by atomic mass is 16.3. The summed E-state index contributed by atoms with van der Waals surface area (Å²) < 4.78 is 0. The number of aliphatic hydroxyl groups is 1. The third-order valence-electron chi connectivity index (χ3n) is 3.62. The molecule has 0 amide bonds. The summed E-state index contributed by atoms with van der Waals surface area (Å²) in [5, 5.41) is 9.58. The Bertz CT molecular complexity index is 186. The van der Waals surface area contributed by atoms with Gasteiger partial charge in [0.05, 0.1) is 6.10 Å². The van der Waals surface area contributed by atoms with Gasteiger partial charge in [0.15, 0.2) is 0 Å². The highest BCUT2D eigenvalue weighted by molar-refractivity contribution is 4.81. The van der Waals surface area contributed by atoms with E-state index in [9.17, 15) is 5.11 Å². The Balaban J connectivity index is 1.62. The number of aliphatic hydroxyl groups excluding tert-OH is 1. The summed E-state index contributed by atoms with van der Waals surface area (Å²) in [6.07, 6.45) is 3.66. The monoisotopic (exact) mass is 212 g/mol.